The Morgan fingerprint density at radius 2 is 0.558 bits per heavy atom. The van der Waals surface area contributed by atoms with Crippen molar-refractivity contribution in [1.82, 2.24) is 19.9 Å². The quantitative estimate of drug-likeness (QED) is 0.128. The van der Waals surface area contributed by atoms with Crippen LogP contribution in [-0.4, -0.2) is 19.9 Å². The van der Waals surface area contributed by atoms with Gasteiger partial charge in [0.25, 0.3) is 0 Å². The maximum absolute atomic E-state index is 6.81. The second-order valence-corrected chi connectivity index (χ2v) is 21.6. The zero-order valence-corrected chi connectivity index (χ0v) is 46.5. The first-order valence-corrected chi connectivity index (χ1v) is 28.9. The molecule has 0 aliphatic carbocycles. The Balaban J connectivity index is 0.927. The third kappa shape index (κ3) is 8.92. The van der Waals surface area contributed by atoms with Gasteiger partial charge in [-0.2, -0.15) is 0 Å². The summed E-state index contributed by atoms with van der Waals surface area (Å²) in [6, 6.07) is 98.6. The lowest BCUT2D eigenvalue weighted by atomic mass is 9.84. The molecule has 0 radical (unpaired) electrons. The number of nitrogens with zero attached hydrogens (tertiary/aromatic N) is 4. The molecule has 6 nitrogen and oxygen atoms in total. The molecule has 6 aromatic heterocycles. The van der Waals surface area contributed by atoms with Crippen LogP contribution in [0.5, 0.6) is 0 Å². The van der Waals surface area contributed by atoms with Crippen molar-refractivity contribution in [1.29, 1.82) is 0 Å². The Kier molecular flexibility index (Phi) is 12.4. The minimum absolute atomic E-state index is 0.841. The third-order valence-corrected chi connectivity index (χ3v) is 16.6. The molecule has 6 heteroatoms. The van der Waals surface area contributed by atoms with Crippen molar-refractivity contribution in [2.24, 2.45) is 0 Å². The molecule has 0 amide bonds. The summed E-state index contributed by atoms with van der Waals surface area (Å²) in [4.78, 5) is 19.4. The Labute approximate surface area is 496 Å². The largest absolute Gasteiger partial charge is 0.455 e. The van der Waals surface area contributed by atoms with Gasteiger partial charge < -0.3 is 8.83 Å². The van der Waals surface area contributed by atoms with E-state index < -0.39 is 0 Å². The summed E-state index contributed by atoms with van der Waals surface area (Å²) < 4.78 is 13.6. The first-order valence-electron chi connectivity index (χ1n) is 28.9. The van der Waals surface area contributed by atoms with Crippen LogP contribution >= 0.6 is 0 Å². The molecule has 16 rings (SSSR count). The first kappa shape index (κ1) is 50.2. The van der Waals surface area contributed by atoms with Crippen LogP contribution in [0, 0.1) is 0 Å². The fourth-order valence-corrected chi connectivity index (χ4v) is 12.5. The van der Waals surface area contributed by atoms with Crippen molar-refractivity contribution in [3.63, 3.8) is 0 Å². The van der Waals surface area contributed by atoms with Crippen LogP contribution in [-0.2, 0) is 0 Å². The van der Waals surface area contributed by atoms with E-state index in [2.05, 4.69) is 217 Å². The zero-order valence-electron chi connectivity index (χ0n) is 46.5. The van der Waals surface area contributed by atoms with Gasteiger partial charge in [-0.3, -0.25) is 19.9 Å². The molecule has 0 atom stereocenters. The standard InChI is InChI=1S/C80H50N4O2/c1-4-22-60(62-39-36-51(73-31-11-14-42-81-73)48-71(62)69-29-17-27-67-65-25-7-9-34-77(65)85-79(67)69)57(19-1)54-45-55(47-56(46-54)59-21-3-6-24-64(59)76-41-38-53(50-84-76)75-33-13-16-44-83-75)58-20-2-5-23-61(58)63-40-37-52(74-32-12-15-43-82-74)49-72(63)70-30-18-28-68-66-26-8-10-35-78(66)86-80(68)70/h1-50H. The second-order valence-electron chi connectivity index (χ2n) is 21.6. The highest BCUT2D eigenvalue weighted by Crippen LogP contribution is 2.48. The molecule has 0 aliphatic heterocycles. The number of furan rings is 2. The van der Waals surface area contributed by atoms with Crippen LogP contribution in [0.1, 0.15) is 0 Å². The highest BCUT2D eigenvalue weighted by Gasteiger charge is 2.23. The molecule has 0 N–H and O–H groups in total. The van der Waals surface area contributed by atoms with E-state index >= 15 is 0 Å². The number of fused-ring (bicyclic) bond motifs is 6. The normalized spacial score (nSPS) is 11.5. The number of para-hydroxylation sites is 4. The SMILES string of the molecule is c1ccc(-c2ccc(-c3ccccc3-c3cc(-c4ccccc4-c4ccc(-c5ccccn5)cc4-c4cccc5c4oc4ccccc45)cc(-c4ccccc4-c4ccc(-c5ccccn5)cc4-c4cccc5c4oc4ccccc45)c3)nc2)nc1. The summed E-state index contributed by atoms with van der Waals surface area (Å²) in [6.07, 6.45) is 7.45. The summed E-state index contributed by atoms with van der Waals surface area (Å²) >= 11 is 0. The van der Waals surface area contributed by atoms with Gasteiger partial charge in [-0.15, -0.1) is 0 Å². The zero-order chi connectivity index (χ0) is 56.9. The average molecular weight is 1100 g/mol. The number of hydrogen-bond acceptors (Lipinski definition) is 6. The van der Waals surface area contributed by atoms with E-state index in [0.717, 1.165) is 167 Å². The van der Waals surface area contributed by atoms with E-state index in [1.807, 2.05) is 91.5 Å². The molecule has 0 bridgehead atoms. The minimum atomic E-state index is 0.841. The van der Waals surface area contributed by atoms with Crippen molar-refractivity contribution in [2.45, 2.75) is 0 Å². The van der Waals surface area contributed by atoms with Gasteiger partial charge in [0, 0.05) is 79.7 Å². The van der Waals surface area contributed by atoms with Gasteiger partial charge in [0.1, 0.15) is 22.3 Å². The van der Waals surface area contributed by atoms with Gasteiger partial charge >= 0.3 is 0 Å². The second kappa shape index (κ2) is 21.3. The molecular weight excluding hydrogens is 1050 g/mol. The molecule has 402 valence electrons. The molecule has 16 aromatic rings. The number of aromatic nitrogens is 4. The predicted molar refractivity (Wildman–Crippen MR) is 352 cm³/mol. The number of pyridine rings is 4. The smallest absolute Gasteiger partial charge is 0.143 e. The average Bonchev–Trinajstić information content (AvgIpc) is 3.49. The third-order valence-electron chi connectivity index (χ3n) is 16.6. The van der Waals surface area contributed by atoms with Crippen molar-refractivity contribution >= 4 is 43.9 Å². The summed E-state index contributed by atoms with van der Waals surface area (Å²) in [5.74, 6) is 0. The summed E-state index contributed by atoms with van der Waals surface area (Å²) in [6.45, 7) is 0. The van der Waals surface area contributed by atoms with Crippen LogP contribution < -0.4 is 0 Å². The van der Waals surface area contributed by atoms with Gasteiger partial charge in [0.05, 0.1) is 22.8 Å². The molecule has 0 aliphatic rings. The highest BCUT2D eigenvalue weighted by molar-refractivity contribution is 6.13. The maximum atomic E-state index is 6.81. The fraction of sp³-hybridized carbons (Fsp3) is 0. The molecule has 0 unspecified atom stereocenters. The molecule has 0 fully saturated rings. The summed E-state index contributed by atoms with van der Waals surface area (Å²) in [5, 5.41) is 4.30. The van der Waals surface area contributed by atoms with Gasteiger partial charge in [-0.25, -0.2) is 0 Å². The Hall–Kier alpha value is -11.6. The lowest BCUT2D eigenvalue weighted by Gasteiger charge is -2.20. The van der Waals surface area contributed by atoms with Gasteiger partial charge in [0.15, 0.2) is 0 Å². The Morgan fingerprint density at radius 1 is 0.198 bits per heavy atom. The predicted octanol–water partition coefficient (Wildman–Crippen LogP) is 21.4. The molecule has 6 heterocycles. The first-order chi connectivity index (χ1) is 42.6. The molecule has 0 saturated carbocycles. The summed E-state index contributed by atoms with van der Waals surface area (Å²) in [5.41, 5.74) is 25.6. The van der Waals surface area contributed by atoms with E-state index in [9.17, 15) is 0 Å². The summed E-state index contributed by atoms with van der Waals surface area (Å²) in [7, 11) is 0. The minimum Gasteiger partial charge on any atom is -0.455 e. The lowest BCUT2D eigenvalue weighted by molar-refractivity contribution is 0.669. The highest BCUT2D eigenvalue weighted by atomic mass is 16.3. The van der Waals surface area contributed by atoms with Gasteiger partial charge in [-0.05, 0) is 158 Å². The number of rotatable bonds is 11. The van der Waals surface area contributed by atoms with E-state index in [4.69, 9.17) is 23.8 Å². The van der Waals surface area contributed by atoms with Crippen molar-refractivity contribution in [3.8, 4) is 123 Å². The molecule has 10 aromatic carbocycles. The molecule has 86 heavy (non-hydrogen) atoms. The van der Waals surface area contributed by atoms with Crippen molar-refractivity contribution in [2.75, 3.05) is 0 Å². The van der Waals surface area contributed by atoms with Gasteiger partial charge in [-0.1, -0.05) is 188 Å². The maximum Gasteiger partial charge on any atom is 0.143 e. The van der Waals surface area contributed by atoms with Crippen LogP contribution in [0.2, 0.25) is 0 Å². The molecule has 0 spiro atoms. The number of benzene rings is 10. The van der Waals surface area contributed by atoms with E-state index in [0.29, 0.717) is 0 Å². The molecule has 0 saturated heterocycles. The van der Waals surface area contributed by atoms with E-state index in [-0.39, 0.29) is 0 Å². The van der Waals surface area contributed by atoms with Gasteiger partial charge in [0.2, 0.25) is 0 Å². The van der Waals surface area contributed by atoms with Crippen LogP contribution in [0.4, 0.5) is 0 Å². The Morgan fingerprint density at radius 3 is 1.00 bits per heavy atom. The van der Waals surface area contributed by atoms with Crippen LogP contribution in [0.15, 0.2) is 313 Å². The van der Waals surface area contributed by atoms with Crippen LogP contribution in [0.3, 0.4) is 0 Å². The lowest BCUT2D eigenvalue weighted by Crippen LogP contribution is -1.95. The molecular formula is C80H50N4O2. The Bertz CT molecular complexity index is 4960. The van der Waals surface area contributed by atoms with Crippen LogP contribution in [0.25, 0.3) is 167 Å². The van der Waals surface area contributed by atoms with E-state index in [1.54, 1.807) is 0 Å². The van der Waals surface area contributed by atoms with E-state index in [1.165, 1.54) is 0 Å². The van der Waals surface area contributed by atoms with Crippen molar-refractivity contribution < 1.29 is 8.83 Å². The topological polar surface area (TPSA) is 77.8 Å². The fourth-order valence-electron chi connectivity index (χ4n) is 12.5. The van der Waals surface area contributed by atoms with Crippen molar-refractivity contribution in [3.05, 3.63) is 304 Å². The number of hydrogen-bond donors (Lipinski definition) is 0. The monoisotopic (exact) mass is 1100 g/mol.